The van der Waals surface area contributed by atoms with Gasteiger partial charge in [0.1, 0.15) is 0 Å². The van der Waals surface area contributed by atoms with Crippen LogP contribution >= 0.6 is 0 Å². The minimum Gasteiger partial charge on any atom is -0.358 e. The summed E-state index contributed by atoms with van der Waals surface area (Å²) in [6.45, 7) is 13.4. The molecule has 0 N–H and O–H groups in total. The normalized spacial score (nSPS) is 11.7. The van der Waals surface area contributed by atoms with Crippen molar-refractivity contribution in [3.8, 4) is 17.1 Å². The monoisotopic (exact) mass is 817 g/mol. The smallest absolute Gasteiger partial charge is 0.358 e. The number of nitrogens with zero attached hydrogens (tertiary/aromatic N) is 3. The standard InChI is InChI=1S/C23H21N2.C22H19N.Pt/c1-23(2,3)18-13-15-20(16-14-18)25-17-24(19-9-5-4-6-10-19)21-11-7-8-12-22(21)25;1-22(2,3)16-9-8-10-17(15-16)23-20-13-6-4-11-18(20)19-12-5-7-14-21(19)23;/h4-9,11-16H,1-3H3;4-9,11-13,15H,1-3H3;/q-1;-2;+4. The minimum absolute atomic E-state index is 0. The molecule has 0 atom stereocenters. The molecule has 0 radical (unpaired) electrons. The predicted molar refractivity (Wildman–Crippen MR) is 198 cm³/mol. The van der Waals surface area contributed by atoms with E-state index in [2.05, 4.69) is 183 Å². The molecule has 0 bridgehead atoms. The van der Waals surface area contributed by atoms with Gasteiger partial charge in [-0.25, -0.2) is 0 Å². The van der Waals surface area contributed by atoms with E-state index in [0.717, 1.165) is 33.6 Å². The van der Waals surface area contributed by atoms with E-state index in [4.69, 9.17) is 0 Å². The molecule has 0 unspecified atom stereocenters. The number of rotatable bonds is 3. The number of aromatic nitrogens is 3. The summed E-state index contributed by atoms with van der Waals surface area (Å²) >= 11 is 0. The Bertz CT molecular complexity index is 2300. The van der Waals surface area contributed by atoms with E-state index in [1.54, 1.807) is 0 Å². The van der Waals surface area contributed by atoms with Gasteiger partial charge in [-0.15, -0.1) is 11.5 Å². The van der Waals surface area contributed by atoms with Crippen LogP contribution in [0.15, 0.2) is 133 Å². The van der Waals surface area contributed by atoms with E-state index < -0.39 is 0 Å². The van der Waals surface area contributed by atoms with Crippen molar-refractivity contribution < 1.29 is 25.6 Å². The van der Waals surface area contributed by atoms with E-state index in [0.29, 0.717) is 0 Å². The molecular formula is C45H40N3Pt+. The van der Waals surface area contributed by atoms with Gasteiger partial charge in [0.25, 0.3) is 6.33 Å². The van der Waals surface area contributed by atoms with Gasteiger partial charge in [0.15, 0.2) is 0 Å². The Morgan fingerprint density at radius 1 is 0.531 bits per heavy atom. The van der Waals surface area contributed by atoms with Gasteiger partial charge in [0.2, 0.25) is 0 Å². The average Bonchev–Trinajstić information content (AvgIpc) is 3.65. The first-order valence-corrected chi connectivity index (χ1v) is 16.5. The third-order valence-corrected chi connectivity index (χ3v) is 8.87. The van der Waals surface area contributed by atoms with E-state index >= 15 is 0 Å². The van der Waals surface area contributed by atoms with Crippen molar-refractivity contribution in [2.75, 3.05) is 0 Å². The molecule has 4 heteroatoms. The van der Waals surface area contributed by atoms with Gasteiger partial charge >= 0.3 is 21.1 Å². The van der Waals surface area contributed by atoms with Crippen molar-refractivity contribution in [2.24, 2.45) is 0 Å². The molecule has 0 amide bonds. The molecule has 2 heterocycles. The third-order valence-electron chi connectivity index (χ3n) is 8.87. The van der Waals surface area contributed by atoms with Gasteiger partial charge in [-0.05, 0) is 45.7 Å². The summed E-state index contributed by atoms with van der Waals surface area (Å²) in [7, 11) is 0. The Balaban J connectivity index is 0.000000167. The Morgan fingerprint density at radius 2 is 1.16 bits per heavy atom. The Morgan fingerprint density at radius 3 is 1.88 bits per heavy atom. The number of hydrogen-bond acceptors (Lipinski definition) is 0. The van der Waals surface area contributed by atoms with Gasteiger partial charge in [0.05, 0.1) is 16.7 Å². The average molecular weight is 818 g/mol. The van der Waals surface area contributed by atoms with E-state index in [-0.39, 0.29) is 31.9 Å². The number of benzene rings is 6. The van der Waals surface area contributed by atoms with Gasteiger partial charge < -0.3 is 9.13 Å². The summed E-state index contributed by atoms with van der Waals surface area (Å²) in [6, 6.07) is 56.4. The summed E-state index contributed by atoms with van der Waals surface area (Å²) in [5, 5.41) is 2.49. The molecule has 6 aromatic carbocycles. The van der Waals surface area contributed by atoms with Crippen LogP contribution in [0.5, 0.6) is 0 Å². The van der Waals surface area contributed by atoms with E-state index in [1.807, 2.05) is 30.3 Å². The van der Waals surface area contributed by atoms with Gasteiger partial charge in [-0.3, -0.25) is 4.57 Å². The maximum atomic E-state index is 3.48. The second-order valence-electron chi connectivity index (χ2n) is 14.3. The van der Waals surface area contributed by atoms with Crippen molar-refractivity contribution in [3.63, 3.8) is 0 Å². The molecule has 8 aromatic rings. The number of fused-ring (bicyclic) bond motifs is 4. The molecule has 3 nitrogen and oxygen atoms in total. The summed E-state index contributed by atoms with van der Waals surface area (Å²) in [6.07, 6.45) is 3.48. The topological polar surface area (TPSA) is 13.7 Å². The van der Waals surface area contributed by atoms with Crippen LogP contribution in [-0.4, -0.2) is 9.13 Å². The van der Waals surface area contributed by atoms with Crippen LogP contribution in [0, 0.1) is 24.5 Å². The van der Waals surface area contributed by atoms with Crippen LogP contribution in [0.2, 0.25) is 0 Å². The number of hydrogen-bond donors (Lipinski definition) is 0. The van der Waals surface area contributed by atoms with Gasteiger partial charge in [-0.2, -0.15) is 78.4 Å². The molecule has 2 aromatic heterocycles. The molecule has 0 saturated heterocycles. The maximum Gasteiger partial charge on any atom is 4.00 e. The van der Waals surface area contributed by atoms with Crippen LogP contribution in [0.4, 0.5) is 0 Å². The summed E-state index contributed by atoms with van der Waals surface area (Å²) in [5.41, 5.74) is 10.6. The predicted octanol–water partition coefficient (Wildman–Crippen LogP) is 10.5. The quantitative estimate of drug-likeness (QED) is 0.125. The second-order valence-corrected chi connectivity index (χ2v) is 14.3. The number of para-hydroxylation sites is 5. The van der Waals surface area contributed by atoms with Crippen LogP contribution in [0.25, 0.3) is 49.9 Å². The summed E-state index contributed by atoms with van der Waals surface area (Å²) < 4.78 is 6.44. The van der Waals surface area contributed by atoms with Crippen molar-refractivity contribution in [2.45, 2.75) is 52.4 Å². The zero-order valence-corrected chi connectivity index (χ0v) is 31.1. The fraction of sp³-hybridized carbons (Fsp3) is 0.178. The van der Waals surface area contributed by atoms with Crippen molar-refractivity contribution in [3.05, 3.63) is 169 Å². The van der Waals surface area contributed by atoms with Crippen LogP contribution < -0.4 is 4.57 Å². The number of imidazole rings is 1. The Hall–Kier alpha value is -4.72. The molecular weight excluding hydrogens is 778 g/mol. The zero-order valence-electron chi connectivity index (χ0n) is 28.9. The van der Waals surface area contributed by atoms with Crippen LogP contribution in [0.1, 0.15) is 52.7 Å². The van der Waals surface area contributed by atoms with Crippen molar-refractivity contribution >= 4 is 32.8 Å². The van der Waals surface area contributed by atoms with Crippen LogP contribution in [0.3, 0.4) is 0 Å². The Labute approximate surface area is 304 Å². The maximum absolute atomic E-state index is 3.48. The summed E-state index contributed by atoms with van der Waals surface area (Å²) in [4.78, 5) is 0. The van der Waals surface area contributed by atoms with Crippen molar-refractivity contribution in [1.29, 1.82) is 0 Å². The molecule has 0 aliphatic rings. The molecule has 0 aliphatic heterocycles. The summed E-state index contributed by atoms with van der Waals surface area (Å²) in [5.74, 6) is 0. The van der Waals surface area contributed by atoms with Gasteiger partial charge in [-0.1, -0.05) is 107 Å². The zero-order chi connectivity index (χ0) is 33.5. The van der Waals surface area contributed by atoms with E-state index in [9.17, 15) is 0 Å². The molecule has 0 saturated carbocycles. The molecule has 244 valence electrons. The first-order valence-electron chi connectivity index (χ1n) is 16.5. The first-order chi connectivity index (χ1) is 23.1. The van der Waals surface area contributed by atoms with Crippen LogP contribution in [-0.2, 0) is 31.9 Å². The minimum atomic E-state index is 0. The van der Waals surface area contributed by atoms with Crippen molar-refractivity contribution in [1.82, 2.24) is 9.13 Å². The van der Waals surface area contributed by atoms with E-state index in [1.165, 1.54) is 27.4 Å². The molecule has 0 aliphatic carbocycles. The third kappa shape index (κ3) is 6.78. The first kappa shape index (κ1) is 34.2. The Kier molecular flexibility index (Phi) is 9.51. The fourth-order valence-electron chi connectivity index (χ4n) is 6.21. The fourth-order valence-corrected chi connectivity index (χ4v) is 6.21. The molecule has 8 rings (SSSR count). The molecule has 0 spiro atoms. The second kappa shape index (κ2) is 13.7. The molecule has 49 heavy (non-hydrogen) atoms. The molecule has 0 fully saturated rings. The SMILES string of the molecule is CC(C)(C)c1cc[c-]c(-n2c3[c-]cccc3c3ccccc32)c1.CC(C)(C)c1ccc(-[n+]2[c-]n(-c3[c-]cccc3)c3ccccc32)cc1.[Pt+4]. The van der Waals surface area contributed by atoms with Gasteiger partial charge in [0, 0.05) is 5.52 Å². The largest absolute Gasteiger partial charge is 4.00 e.